The largest absolute Gasteiger partial charge is 0.463 e. The molecule has 33 heavy (non-hydrogen) atoms. The minimum Gasteiger partial charge on any atom is -0.463 e. The molecule has 4 atom stereocenters. The van der Waals surface area contributed by atoms with Gasteiger partial charge in [0.2, 0.25) is 11.8 Å². The number of likely N-dealkylation sites (N-methyl/N-ethyl adjacent to an activating group) is 1. The number of ether oxygens (including phenoxy) is 1. The molecular formula is C19H28F3N5O6. The highest BCUT2D eigenvalue weighted by atomic mass is 19.4. The second-order valence-electron chi connectivity index (χ2n) is 8.79. The van der Waals surface area contributed by atoms with E-state index < -0.39 is 65.5 Å². The van der Waals surface area contributed by atoms with Crippen molar-refractivity contribution >= 4 is 17.8 Å². The third kappa shape index (κ3) is 4.95. The molecule has 0 spiro atoms. The lowest BCUT2D eigenvalue weighted by molar-refractivity contribution is -0.269. The van der Waals surface area contributed by atoms with E-state index in [4.69, 9.17) is 0 Å². The summed E-state index contributed by atoms with van der Waals surface area (Å²) in [6.45, 7) is 5.51. The van der Waals surface area contributed by atoms with Crippen LogP contribution < -0.4 is 5.32 Å². The number of carbonyl (C=O) groups excluding carboxylic acids is 3. The predicted octanol–water partition coefficient (Wildman–Crippen LogP) is -0.114. The molecule has 2 amide bonds. The first-order valence-electron chi connectivity index (χ1n) is 10.2. The Hall–Kier alpha value is -2.74. The van der Waals surface area contributed by atoms with E-state index in [-0.39, 0.29) is 13.0 Å². The third-order valence-electron chi connectivity index (χ3n) is 5.29. The molecule has 1 aliphatic rings. The average molecular weight is 479 g/mol. The van der Waals surface area contributed by atoms with Gasteiger partial charge in [0.05, 0.1) is 18.9 Å². The Morgan fingerprint density at radius 2 is 1.91 bits per heavy atom. The van der Waals surface area contributed by atoms with Crippen molar-refractivity contribution < 1.29 is 42.5 Å². The number of nitrogens with one attached hydrogen (secondary N) is 1. The number of nitrogens with zero attached hydrogens (tertiary/aromatic N) is 4. The fourth-order valence-electron chi connectivity index (χ4n) is 3.68. The second kappa shape index (κ2) is 9.25. The summed E-state index contributed by atoms with van der Waals surface area (Å²) in [6, 6.07) is -2.27. The van der Waals surface area contributed by atoms with Gasteiger partial charge in [-0.05, 0) is 12.3 Å². The SMILES string of the molecule is CCOC(=O)C(O)(c1cn([C@H](C(=O)N2C[C@H](O)C[C@H]2C(=O)NC)C(C)(C)C)nn1)C(F)(F)F. The van der Waals surface area contributed by atoms with Crippen molar-refractivity contribution in [1.82, 2.24) is 25.2 Å². The first kappa shape index (κ1) is 26.5. The first-order valence-corrected chi connectivity index (χ1v) is 10.2. The monoisotopic (exact) mass is 479 g/mol. The maximum Gasteiger partial charge on any atom is 0.434 e. The summed E-state index contributed by atoms with van der Waals surface area (Å²) in [5.41, 5.74) is -6.22. The number of hydrogen-bond acceptors (Lipinski definition) is 8. The summed E-state index contributed by atoms with van der Waals surface area (Å²) < 4.78 is 46.2. The van der Waals surface area contributed by atoms with E-state index in [1.807, 2.05) is 0 Å². The van der Waals surface area contributed by atoms with Gasteiger partial charge >= 0.3 is 17.7 Å². The number of β-amino-alcohol motifs (C(OH)–C–C–N with tert-alkyl or cyclic N) is 1. The Morgan fingerprint density at radius 3 is 2.39 bits per heavy atom. The van der Waals surface area contributed by atoms with Gasteiger partial charge < -0.3 is 25.2 Å². The van der Waals surface area contributed by atoms with Crippen LogP contribution in [0.4, 0.5) is 13.2 Å². The van der Waals surface area contributed by atoms with E-state index in [1.165, 1.54) is 14.0 Å². The van der Waals surface area contributed by atoms with Crippen LogP contribution in [0.2, 0.25) is 0 Å². The number of rotatable bonds is 6. The van der Waals surface area contributed by atoms with E-state index in [0.717, 1.165) is 9.58 Å². The molecule has 0 aliphatic carbocycles. The topological polar surface area (TPSA) is 147 Å². The van der Waals surface area contributed by atoms with Gasteiger partial charge in [-0.1, -0.05) is 26.0 Å². The van der Waals surface area contributed by atoms with Crippen molar-refractivity contribution in [2.45, 2.75) is 64.1 Å². The zero-order valence-electron chi connectivity index (χ0n) is 18.9. The number of aliphatic hydroxyl groups excluding tert-OH is 1. The fraction of sp³-hybridized carbons (Fsp3) is 0.737. The number of carbonyl (C=O) groups is 3. The number of amides is 2. The molecule has 1 fully saturated rings. The molecule has 2 heterocycles. The van der Waals surface area contributed by atoms with Crippen LogP contribution in [-0.4, -0.2) is 86.4 Å². The smallest absolute Gasteiger partial charge is 0.434 e. The van der Waals surface area contributed by atoms with Crippen LogP contribution in [0.3, 0.4) is 0 Å². The van der Waals surface area contributed by atoms with E-state index in [1.54, 1.807) is 20.8 Å². The number of hydrogen-bond donors (Lipinski definition) is 3. The van der Waals surface area contributed by atoms with E-state index >= 15 is 0 Å². The highest BCUT2D eigenvalue weighted by Gasteiger charge is 2.64. The molecule has 1 aromatic heterocycles. The predicted molar refractivity (Wildman–Crippen MR) is 105 cm³/mol. The van der Waals surface area contributed by atoms with Crippen LogP contribution in [0.15, 0.2) is 6.20 Å². The number of alkyl halides is 3. The Bertz CT molecular complexity index is 899. The summed E-state index contributed by atoms with van der Waals surface area (Å²) in [5, 5.41) is 29.6. The summed E-state index contributed by atoms with van der Waals surface area (Å²) in [4.78, 5) is 38.8. The van der Waals surface area contributed by atoms with Gasteiger partial charge in [0.15, 0.2) is 0 Å². The van der Waals surface area contributed by atoms with Crippen molar-refractivity contribution in [2.24, 2.45) is 5.41 Å². The second-order valence-corrected chi connectivity index (χ2v) is 8.79. The molecule has 1 unspecified atom stereocenters. The van der Waals surface area contributed by atoms with Crippen molar-refractivity contribution in [2.75, 3.05) is 20.2 Å². The van der Waals surface area contributed by atoms with E-state index in [2.05, 4.69) is 20.4 Å². The quantitative estimate of drug-likeness (QED) is 0.479. The fourth-order valence-corrected chi connectivity index (χ4v) is 3.68. The van der Waals surface area contributed by atoms with Crippen LogP contribution in [0, 0.1) is 5.41 Å². The number of esters is 1. The van der Waals surface area contributed by atoms with E-state index in [0.29, 0.717) is 6.20 Å². The molecular weight excluding hydrogens is 451 g/mol. The van der Waals surface area contributed by atoms with Crippen LogP contribution in [0.5, 0.6) is 0 Å². The van der Waals surface area contributed by atoms with Crippen LogP contribution >= 0.6 is 0 Å². The molecule has 1 aromatic rings. The van der Waals surface area contributed by atoms with Crippen LogP contribution in [0.25, 0.3) is 0 Å². The molecule has 1 aliphatic heterocycles. The van der Waals surface area contributed by atoms with Crippen LogP contribution in [0.1, 0.15) is 45.9 Å². The summed E-state index contributed by atoms with van der Waals surface area (Å²) in [5.74, 6) is -3.19. The minimum absolute atomic E-state index is 0.0123. The normalized spacial score (nSPS) is 21.9. The molecule has 0 aromatic carbocycles. The maximum absolute atomic E-state index is 13.7. The van der Waals surface area contributed by atoms with Crippen molar-refractivity contribution in [3.05, 3.63) is 11.9 Å². The molecule has 0 radical (unpaired) electrons. The summed E-state index contributed by atoms with van der Waals surface area (Å²) in [7, 11) is 1.37. The van der Waals surface area contributed by atoms with Crippen molar-refractivity contribution in [3.63, 3.8) is 0 Å². The van der Waals surface area contributed by atoms with Gasteiger partial charge in [0, 0.05) is 20.0 Å². The molecule has 2 rings (SSSR count). The third-order valence-corrected chi connectivity index (χ3v) is 5.29. The van der Waals surface area contributed by atoms with Crippen LogP contribution in [-0.2, 0) is 24.7 Å². The Kier molecular flexibility index (Phi) is 7.43. The average Bonchev–Trinajstić information content (AvgIpc) is 3.32. The Balaban J connectivity index is 2.53. The highest BCUT2D eigenvalue weighted by molar-refractivity contribution is 5.90. The van der Waals surface area contributed by atoms with Gasteiger partial charge in [-0.3, -0.25) is 9.59 Å². The van der Waals surface area contributed by atoms with Gasteiger partial charge in [0.25, 0.3) is 0 Å². The van der Waals surface area contributed by atoms with Gasteiger partial charge in [-0.25, -0.2) is 9.48 Å². The molecule has 0 saturated carbocycles. The zero-order valence-corrected chi connectivity index (χ0v) is 18.9. The van der Waals surface area contributed by atoms with Gasteiger partial charge in [0.1, 0.15) is 17.8 Å². The lowest BCUT2D eigenvalue weighted by Crippen LogP contribution is -2.51. The zero-order chi connectivity index (χ0) is 25.4. The molecule has 11 nitrogen and oxygen atoms in total. The molecule has 14 heteroatoms. The first-order chi connectivity index (χ1) is 15.1. The molecule has 3 N–H and O–H groups in total. The molecule has 1 saturated heterocycles. The molecule has 0 bridgehead atoms. The lowest BCUT2D eigenvalue weighted by Gasteiger charge is -2.34. The summed E-state index contributed by atoms with van der Waals surface area (Å²) in [6.07, 6.45) is -5.81. The van der Waals surface area contributed by atoms with Gasteiger partial charge in [-0.2, -0.15) is 13.2 Å². The van der Waals surface area contributed by atoms with Gasteiger partial charge in [-0.15, -0.1) is 5.10 Å². The lowest BCUT2D eigenvalue weighted by atomic mass is 9.85. The standard InChI is InChI=1S/C19H28F3N5O6/c1-6-33-16(31)18(32,19(20,21)22)12-9-27(25-24-12)13(17(2,3)4)15(30)26-8-10(28)7-11(26)14(29)23-5/h9-11,13,28,32H,6-8H2,1-5H3,(H,23,29)/t10-,11+,13-,18?/m1/s1. The maximum atomic E-state index is 13.7. The van der Waals surface area contributed by atoms with Crippen molar-refractivity contribution in [3.8, 4) is 0 Å². The Morgan fingerprint density at radius 1 is 1.30 bits per heavy atom. The highest BCUT2D eigenvalue weighted by Crippen LogP contribution is 2.40. The minimum atomic E-state index is -5.48. The Labute approximate surface area is 187 Å². The number of aliphatic hydroxyl groups is 2. The molecule has 186 valence electrons. The number of halogens is 3. The van der Waals surface area contributed by atoms with E-state index in [9.17, 15) is 37.8 Å². The number of aromatic nitrogens is 3. The van der Waals surface area contributed by atoms with Crippen molar-refractivity contribution in [1.29, 1.82) is 0 Å². The summed E-state index contributed by atoms with van der Waals surface area (Å²) >= 11 is 0. The number of likely N-dealkylation sites (tertiary alicyclic amines) is 1.